The number of epoxide rings is 1. The Morgan fingerprint density at radius 3 is 2.50 bits per heavy atom. The maximum absolute atomic E-state index is 11.4. The smallest absolute Gasteiger partial charge is 0.345 e. The zero-order chi connectivity index (χ0) is 10.2. The monoisotopic (exact) mass is 212 g/mol. The van der Waals surface area contributed by atoms with Crippen LogP contribution in [0, 0.1) is 0 Å². The number of methoxy groups -OCH3 is 1. The van der Waals surface area contributed by atoms with Gasteiger partial charge in [-0.3, -0.25) is 0 Å². The first-order valence-corrected chi connectivity index (χ1v) is 4.55. The summed E-state index contributed by atoms with van der Waals surface area (Å²) in [5.41, 5.74) is -0.0898. The number of carbonyl (C=O) groups excluding carboxylic acids is 1. The summed E-state index contributed by atoms with van der Waals surface area (Å²) in [5, 5.41) is 0.634. The van der Waals surface area contributed by atoms with E-state index >= 15 is 0 Å². The molecule has 1 heterocycles. The van der Waals surface area contributed by atoms with Gasteiger partial charge in [-0.1, -0.05) is 23.7 Å². The normalized spacial score (nSPS) is 24.4. The molecule has 1 atom stereocenters. The van der Waals surface area contributed by atoms with Gasteiger partial charge in [-0.25, -0.2) is 4.79 Å². The lowest BCUT2D eigenvalue weighted by atomic mass is 10.0. The SMILES string of the molecule is COC(=O)C1(c2ccc(Cl)cc2)CO1. The van der Waals surface area contributed by atoms with Crippen LogP contribution < -0.4 is 0 Å². The molecular weight excluding hydrogens is 204 g/mol. The Kier molecular flexibility index (Phi) is 2.21. The quantitative estimate of drug-likeness (QED) is 0.554. The highest BCUT2D eigenvalue weighted by Gasteiger charge is 2.55. The van der Waals surface area contributed by atoms with Gasteiger partial charge in [0.2, 0.25) is 5.60 Å². The van der Waals surface area contributed by atoms with E-state index in [1.807, 2.05) is 0 Å². The number of hydrogen-bond donors (Lipinski definition) is 0. The molecule has 1 aromatic rings. The maximum Gasteiger partial charge on any atom is 0.345 e. The van der Waals surface area contributed by atoms with Gasteiger partial charge < -0.3 is 9.47 Å². The Morgan fingerprint density at radius 1 is 1.50 bits per heavy atom. The van der Waals surface area contributed by atoms with Crippen molar-refractivity contribution in [3.63, 3.8) is 0 Å². The third-order valence-corrected chi connectivity index (χ3v) is 2.51. The second-order valence-electron chi connectivity index (χ2n) is 3.11. The molecule has 2 rings (SSSR count). The van der Waals surface area contributed by atoms with Crippen LogP contribution in [0.1, 0.15) is 5.56 Å². The molecule has 0 aliphatic carbocycles. The minimum absolute atomic E-state index is 0.361. The fraction of sp³-hybridized carbons (Fsp3) is 0.300. The van der Waals surface area contributed by atoms with Crippen molar-refractivity contribution >= 4 is 17.6 Å². The Morgan fingerprint density at radius 2 is 2.07 bits per heavy atom. The maximum atomic E-state index is 11.4. The van der Waals surface area contributed by atoms with E-state index in [1.165, 1.54) is 7.11 Å². The molecule has 0 spiro atoms. The van der Waals surface area contributed by atoms with Gasteiger partial charge >= 0.3 is 5.97 Å². The van der Waals surface area contributed by atoms with E-state index in [1.54, 1.807) is 24.3 Å². The van der Waals surface area contributed by atoms with Crippen molar-refractivity contribution in [1.82, 2.24) is 0 Å². The molecule has 74 valence electrons. The number of hydrogen-bond acceptors (Lipinski definition) is 3. The molecular formula is C10H9ClO3. The minimum Gasteiger partial charge on any atom is -0.467 e. The van der Waals surface area contributed by atoms with Crippen LogP contribution in [0.4, 0.5) is 0 Å². The molecule has 0 saturated carbocycles. The lowest BCUT2D eigenvalue weighted by molar-refractivity contribution is -0.147. The molecule has 3 nitrogen and oxygen atoms in total. The van der Waals surface area contributed by atoms with Crippen molar-refractivity contribution in [3.05, 3.63) is 34.9 Å². The highest BCUT2D eigenvalue weighted by molar-refractivity contribution is 6.30. The second kappa shape index (κ2) is 3.26. The highest BCUT2D eigenvalue weighted by Crippen LogP contribution is 2.40. The largest absolute Gasteiger partial charge is 0.467 e. The number of ether oxygens (including phenoxy) is 2. The lowest BCUT2D eigenvalue weighted by Gasteiger charge is -2.09. The van der Waals surface area contributed by atoms with E-state index in [9.17, 15) is 4.79 Å². The molecule has 1 saturated heterocycles. The zero-order valence-electron chi connectivity index (χ0n) is 7.62. The van der Waals surface area contributed by atoms with E-state index in [2.05, 4.69) is 4.74 Å². The Hall–Kier alpha value is -1.06. The van der Waals surface area contributed by atoms with Crippen molar-refractivity contribution in [2.45, 2.75) is 5.60 Å². The van der Waals surface area contributed by atoms with E-state index in [0.717, 1.165) is 5.56 Å². The molecule has 0 aromatic heterocycles. The molecule has 1 aromatic carbocycles. The van der Waals surface area contributed by atoms with Crippen molar-refractivity contribution < 1.29 is 14.3 Å². The summed E-state index contributed by atoms with van der Waals surface area (Å²) in [6.07, 6.45) is 0. The molecule has 0 radical (unpaired) electrons. The van der Waals surface area contributed by atoms with Crippen molar-refractivity contribution in [1.29, 1.82) is 0 Å². The average molecular weight is 213 g/mol. The van der Waals surface area contributed by atoms with E-state index in [-0.39, 0.29) is 5.97 Å². The molecule has 0 N–H and O–H groups in total. The Labute approximate surface area is 86.6 Å². The van der Waals surface area contributed by atoms with Gasteiger partial charge in [-0.2, -0.15) is 0 Å². The Bertz CT molecular complexity index is 354. The Balaban J connectivity index is 2.31. The summed E-state index contributed by atoms with van der Waals surface area (Å²) in [7, 11) is 1.35. The van der Waals surface area contributed by atoms with Crippen LogP contribution in [0.25, 0.3) is 0 Å². The predicted octanol–water partition coefficient (Wildman–Crippen LogP) is 1.74. The topological polar surface area (TPSA) is 38.8 Å². The number of rotatable bonds is 2. The van der Waals surface area contributed by atoms with Gasteiger partial charge in [0.25, 0.3) is 0 Å². The average Bonchev–Trinajstić information content (AvgIpc) is 2.99. The molecule has 1 aliphatic rings. The summed E-state index contributed by atoms with van der Waals surface area (Å²) >= 11 is 5.74. The third-order valence-electron chi connectivity index (χ3n) is 2.26. The van der Waals surface area contributed by atoms with E-state index in [4.69, 9.17) is 16.3 Å². The van der Waals surface area contributed by atoms with Gasteiger partial charge in [0.15, 0.2) is 0 Å². The molecule has 14 heavy (non-hydrogen) atoms. The molecule has 1 unspecified atom stereocenters. The molecule has 4 heteroatoms. The van der Waals surface area contributed by atoms with Crippen LogP contribution in [-0.4, -0.2) is 19.7 Å². The summed E-state index contributed by atoms with van der Waals surface area (Å²) < 4.78 is 9.82. The van der Waals surface area contributed by atoms with Crippen LogP contribution in [0.3, 0.4) is 0 Å². The van der Waals surface area contributed by atoms with Crippen molar-refractivity contribution in [3.8, 4) is 0 Å². The van der Waals surface area contributed by atoms with Crippen LogP contribution >= 0.6 is 11.6 Å². The third kappa shape index (κ3) is 1.38. The van der Waals surface area contributed by atoms with E-state index < -0.39 is 5.60 Å². The van der Waals surface area contributed by atoms with Gasteiger partial charge in [-0.05, 0) is 17.7 Å². The van der Waals surface area contributed by atoms with E-state index in [0.29, 0.717) is 11.6 Å². The standard InChI is InChI=1S/C10H9ClO3/c1-13-9(12)10(6-14-10)7-2-4-8(11)5-3-7/h2-5H,6H2,1H3. The summed E-state index contributed by atoms with van der Waals surface area (Å²) in [6, 6.07) is 6.99. The van der Waals surface area contributed by atoms with Crippen LogP contribution in [0.15, 0.2) is 24.3 Å². The first kappa shape index (κ1) is 9.49. The fourth-order valence-corrected chi connectivity index (χ4v) is 1.48. The van der Waals surface area contributed by atoms with Crippen molar-refractivity contribution in [2.75, 3.05) is 13.7 Å². The van der Waals surface area contributed by atoms with Crippen LogP contribution in [-0.2, 0) is 19.9 Å². The predicted molar refractivity (Wildman–Crippen MR) is 51.1 cm³/mol. The summed E-state index contributed by atoms with van der Waals surface area (Å²) in [6.45, 7) is 0.376. The highest BCUT2D eigenvalue weighted by atomic mass is 35.5. The minimum atomic E-state index is -0.876. The molecule has 0 bridgehead atoms. The summed E-state index contributed by atoms with van der Waals surface area (Å²) in [5.74, 6) is -0.361. The molecule has 1 aliphatic heterocycles. The fourth-order valence-electron chi connectivity index (χ4n) is 1.36. The number of halogens is 1. The van der Waals surface area contributed by atoms with Gasteiger partial charge in [-0.15, -0.1) is 0 Å². The van der Waals surface area contributed by atoms with Crippen LogP contribution in [0.5, 0.6) is 0 Å². The zero-order valence-corrected chi connectivity index (χ0v) is 8.38. The second-order valence-corrected chi connectivity index (χ2v) is 3.55. The number of esters is 1. The number of carbonyl (C=O) groups is 1. The first-order valence-electron chi connectivity index (χ1n) is 4.17. The van der Waals surface area contributed by atoms with Gasteiger partial charge in [0.1, 0.15) is 0 Å². The summed E-state index contributed by atoms with van der Waals surface area (Å²) in [4.78, 5) is 11.4. The first-order chi connectivity index (χ1) is 6.69. The van der Waals surface area contributed by atoms with Crippen LogP contribution in [0.2, 0.25) is 5.02 Å². The molecule has 0 amide bonds. The lowest BCUT2D eigenvalue weighted by Crippen LogP contribution is -2.23. The number of benzene rings is 1. The van der Waals surface area contributed by atoms with Gasteiger partial charge in [0.05, 0.1) is 13.7 Å². The molecule has 1 fully saturated rings. The van der Waals surface area contributed by atoms with Gasteiger partial charge in [0, 0.05) is 5.02 Å². The van der Waals surface area contributed by atoms with Crippen molar-refractivity contribution in [2.24, 2.45) is 0 Å².